The van der Waals surface area contributed by atoms with Gasteiger partial charge in [-0.05, 0) is 43.2 Å². The number of aromatic nitrogens is 6. The zero-order valence-electron chi connectivity index (χ0n) is 18.9. The van der Waals surface area contributed by atoms with Gasteiger partial charge in [0.2, 0.25) is 0 Å². The Kier molecular flexibility index (Phi) is 8.58. The van der Waals surface area contributed by atoms with Crippen LogP contribution in [0.2, 0.25) is 0 Å². The fourth-order valence-electron chi connectivity index (χ4n) is 3.20. The zero-order valence-corrected chi connectivity index (χ0v) is 21.2. The van der Waals surface area contributed by atoms with Gasteiger partial charge in [-0.1, -0.05) is 18.2 Å². The minimum absolute atomic E-state index is 0. The first-order valence-electron chi connectivity index (χ1n) is 10.4. The van der Waals surface area contributed by atoms with Crippen LogP contribution in [0.5, 0.6) is 5.75 Å². The van der Waals surface area contributed by atoms with Crippen molar-refractivity contribution < 1.29 is 4.74 Å². The molecule has 2 N–H and O–H groups in total. The summed E-state index contributed by atoms with van der Waals surface area (Å²) in [7, 11) is 3.61. The van der Waals surface area contributed by atoms with Crippen molar-refractivity contribution in [2.45, 2.75) is 26.4 Å². The predicted molar refractivity (Wildman–Crippen MR) is 137 cm³/mol. The highest BCUT2D eigenvalue weighted by atomic mass is 127. The van der Waals surface area contributed by atoms with Crippen molar-refractivity contribution in [3.05, 3.63) is 71.7 Å². The normalized spacial score (nSPS) is 11.3. The van der Waals surface area contributed by atoms with E-state index in [1.165, 1.54) is 5.56 Å². The number of guanidine groups is 1. The van der Waals surface area contributed by atoms with E-state index in [9.17, 15) is 0 Å². The molecule has 0 aliphatic carbocycles. The highest BCUT2D eigenvalue weighted by molar-refractivity contribution is 14.0. The van der Waals surface area contributed by atoms with Gasteiger partial charge in [-0.3, -0.25) is 4.40 Å². The van der Waals surface area contributed by atoms with Crippen molar-refractivity contribution in [3.8, 4) is 5.75 Å². The van der Waals surface area contributed by atoms with Crippen LogP contribution >= 0.6 is 24.0 Å². The van der Waals surface area contributed by atoms with Gasteiger partial charge in [0.05, 0.1) is 13.7 Å². The number of hydrogen-bond donors (Lipinski definition) is 2. The van der Waals surface area contributed by atoms with Gasteiger partial charge in [0.15, 0.2) is 23.3 Å². The van der Waals surface area contributed by atoms with Crippen molar-refractivity contribution in [2.75, 3.05) is 13.7 Å². The van der Waals surface area contributed by atoms with Gasteiger partial charge in [-0.25, -0.2) is 4.99 Å². The van der Waals surface area contributed by atoms with Crippen molar-refractivity contribution in [1.82, 2.24) is 40.0 Å². The lowest BCUT2D eigenvalue weighted by molar-refractivity contribution is 0.414. The number of nitrogens with one attached hydrogen (secondary N) is 2. The lowest BCUT2D eigenvalue weighted by atomic mass is 10.1. The molecule has 4 rings (SSSR count). The van der Waals surface area contributed by atoms with E-state index in [2.05, 4.69) is 43.2 Å². The number of halogens is 1. The molecule has 0 amide bonds. The second kappa shape index (κ2) is 11.6. The van der Waals surface area contributed by atoms with Crippen molar-refractivity contribution in [2.24, 2.45) is 12.0 Å². The summed E-state index contributed by atoms with van der Waals surface area (Å²) in [6.07, 6.45) is 2.80. The van der Waals surface area contributed by atoms with Gasteiger partial charge in [0, 0.05) is 19.8 Å². The van der Waals surface area contributed by atoms with Gasteiger partial charge in [-0.15, -0.1) is 44.4 Å². The molecule has 0 aliphatic rings. The number of aryl methyl sites for hydroxylation is 1. The van der Waals surface area contributed by atoms with E-state index in [0.29, 0.717) is 19.0 Å². The van der Waals surface area contributed by atoms with Gasteiger partial charge >= 0.3 is 0 Å². The second-order valence-corrected chi connectivity index (χ2v) is 7.31. The van der Waals surface area contributed by atoms with E-state index in [4.69, 9.17) is 9.73 Å². The molecule has 3 heterocycles. The standard InChI is InChI=1S/C22H27N9O.HI/c1-16-26-28-20(30(16)2)14-24-22(23-12-11-17-7-9-18(32-3)10-8-17)25-15-21-29-27-19-6-4-5-13-31(19)21;/h4-10,13H,11-12,14-15H2,1-3H3,(H2,23,24,25);1H. The Morgan fingerprint density at radius 3 is 2.52 bits per heavy atom. The van der Waals surface area contributed by atoms with E-state index >= 15 is 0 Å². The van der Waals surface area contributed by atoms with Crippen molar-refractivity contribution >= 4 is 35.6 Å². The SMILES string of the molecule is COc1ccc(CCNC(=NCc2nnc(C)n2C)NCc2nnc3ccccn23)cc1.I. The molecule has 0 spiro atoms. The maximum absolute atomic E-state index is 5.22. The number of pyridine rings is 1. The molecule has 4 aromatic rings. The van der Waals surface area contributed by atoms with Crippen LogP contribution in [0.3, 0.4) is 0 Å². The number of benzene rings is 1. The second-order valence-electron chi connectivity index (χ2n) is 7.31. The number of fused-ring (bicyclic) bond motifs is 1. The highest BCUT2D eigenvalue weighted by Crippen LogP contribution is 2.11. The summed E-state index contributed by atoms with van der Waals surface area (Å²) in [5.74, 6) is 3.98. The number of methoxy groups -OCH3 is 1. The van der Waals surface area contributed by atoms with E-state index in [1.807, 2.05) is 59.5 Å². The minimum Gasteiger partial charge on any atom is -0.497 e. The molecule has 174 valence electrons. The zero-order chi connectivity index (χ0) is 22.3. The summed E-state index contributed by atoms with van der Waals surface area (Å²) in [4.78, 5) is 4.70. The van der Waals surface area contributed by atoms with Crippen LogP contribution in [0.4, 0.5) is 0 Å². The van der Waals surface area contributed by atoms with E-state index in [1.54, 1.807) is 7.11 Å². The third-order valence-corrected chi connectivity index (χ3v) is 5.22. The van der Waals surface area contributed by atoms with Gasteiger partial charge < -0.3 is 19.9 Å². The molecule has 0 atom stereocenters. The molecular formula is C22H28IN9O. The minimum atomic E-state index is 0. The number of ether oxygens (including phenoxy) is 1. The molecule has 1 aromatic carbocycles. The topological polar surface area (TPSA) is 107 Å². The summed E-state index contributed by atoms with van der Waals surface area (Å²) in [5.41, 5.74) is 2.02. The van der Waals surface area contributed by atoms with Crippen LogP contribution < -0.4 is 15.4 Å². The largest absolute Gasteiger partial charge is 0.497 e. The van der Waals surface area contributed by atoms with Crippen LogP contribution in [0.1, 0.15) is 23.0 Å². The van der Waals surface area contributed by atoms with Crippen molar-refractivity contribution in [3.63, 3.8) is 0 Å². The Morgan fingerprint density at radius 2 is 1.79 bits per heavy atom. The number of nitrogens with zero attached hydrogens (tertiary/aromatic N) is 7. The Labute approximate surface area is 209 Å². The molecule has 0 radical (unpaired) electrons. The molecule has 10 nitrogen and oxygen atoms in total. The first-order chi connectivity index (χ1) is 15.6. The molecule has 11 heteroatoms. The number of rotatable bonds is 8. The molecule has 0 fully saturated rings. The first-order valence-corrected chi connectivity index (χ1v) is 10.4. The summed E-state index contributed by atoms with van der Waals surface area (Å²) in [6.45, 7) is 3.53. The van der Waals surface area contributed by atoms with Crippen LogP contribution in [-0.2, 0) is 26.6 Å². The van der Waals surface area contributed by atoms with Crippen LogP contribution in [-0.4, -0.2) is 49.0 Å². The smallest absolute Gasteiger partial charge is 0.192 e. The summed E-state index contributed by atoms with van der Waals surface area (Å²) < 4.78 is 9.11. The summed E-state index contributed by atoms with van der Waals surface area (Å²) >= 11 is 0. The number of aliphatic imine (C=N–C) groups is 1. The fourth-order valence-corrected chi connectivity index (χ4v) is 3.20. The molecule has 0 saturated heterocycles. The molecule has 3 aromatic heterocycles. The van der Waals surface area contributed by atoms with Crippen LogP contribution in [0.15, 0.2) is 53.7 Å². The fraction of sp³-hybridized carbons (Fsp3) is 0.318. The Hall–Kier alpha value is -3.22. The Morgan fingerprint density at radius 1 is 1.00 bits per heavy atom. The average molecular weight is 561 g/mol. The Balaban J connectivity index is 0.00000306. The maximum Gasteiger partial charge on any atom is 0.192 e. The highest BCUT2D eigenvalue weighted by Gasteiger charge is 2.08. The maximum atomic E-state index is 5.22. The van der Waals surface area contributed by atoms with E-state index < -0.39 is 0 Å². The van der Waals surface area contributed by atoms with E-state index in [-0.39, 0.29) is 24.0 Å². The molecule has 0 bridgehead atoms. The number of hydrogen-bond acceptors (Lipinski definition) is 6. The molecule has 0 saturated carbocycles. The van der Waals surface area contributed by atoms with Crippen molar-refractivity contribution in [1.29, 1.82) is 0 Å². The predicted octanol–water partition coefficient (Wildman–Crippen LogP) is 2.27. The lowest BCUT2D eigenvalue weighted by Crippen LogP contribution is -2.38. The average Bonchev–Trinajstić information content (AvgIpc) is 3.39. The quantitative estimate of drug-likeness (QED) is 0.193. The van der Waals surface area contributed by atoms with Crippen LogP contribution in [0, 0.1) is 6.92 Å². The third kappa shape index (κ3) is 6.18. The molecular weight excluding hydrogens is 533 g/mol. The van der Waals surface area contributed by atoms with Gasteiger partial charge in [-0.2, -0.15) is 0 Å². The molecule has 0 aliphatic heterocycles. The monoisotopic (exact) mass is 561 g/mol. The molecule has 0 unspecified atom stereocenters. The van der Waals surface area contributed by atoms with Gasteiger partial charge in [0.1, 0.15) is 18.1 Å². The van der Waals surface area contributed by atoms with Gasteiger partial charge in [0.25, 0.3) is 0 Å². The first kappa shape index (κ1) is 24.4. The van der Waals surface area contributed by atoms with E-state index in [0.717, 1.165) is 41.8 Å². The Bertz CT molecular complexity index is 1200. The summed E-state index contributed by atoms with van der Waals surface area (Å²) in [6, 6.07) is 13.9. The van der Waals surface area contributed by atoms with Crippen LogP contribution in [0.25, 0.3) is 5.65 Å². The summed E-state index contributed by atoms with van der Waals surface area (Å²) in [5, 5.41) is 23.5. The third-order valence-electron chi connectivity index (χ3n) is 5.22. The molecule has 33 heavy (non-hydrogen) atoms. The lowest BCUT2D eigenvalue weighted by Gasteiger charge is -2.12.